The van der Waals surface area contributed by atoms with E-state index in [4.69, 9.17) is 0 Å². The smallest absolute Gasteiger partial charge is 0.314 e. The van der Waals surface area contributed by atoms with Crippen LogP contribution >= 0.6 is 0 Å². The van der Waals surface area contributed by atoms with Crippen LogP contribution in [0, 0.1) is 11.2 Å². The highest BCUT2D eigenvalue weighted by atomic mass is 19.4. The molecular formula is C16H23F4N. The van der Waals surface area contributed by atoms with Crippen LogP contribution in [-0.4, -0.2) is 12.6 Å². The lowest BCUT2D eigenvalue weighted by molar-refractivity contribution is -0.140. The second-order valence-electron chi connectivity index (χ2n) is 6.33. The molecular weight excluding hydrogens is 282 g/mol. The van der Waals surface area contributed by atoms with Gasteiger partial charge in [0.05, 0.1) is 5.56 Å². The van der Waals surface area contributed by atoms with E-state index in [1.54, 1.807) is 0 Å². The molecule has 0 fully saturated rings. The summed E-state index contributed by atoms with van der Waals surface area (Å²) in [6.45, 7) is 9.07. The Morgan fingerprint density at radius 3 is 2.24 bits per heavy atom. The van der Waals surface area contributed by atoms with Gasteiger partial charge < -0.3 is 5.32 Å². The molecule has 0 aromatic heterocycles. The minimum Gasteiger partial charge on any atom is -0.314 e. The summed E-state index contributed by atoms with van der Waals surface area (Å²) in [4.78, 5) is 0. The highest BCUT2D eigenvalue weighted by Gasteiger charge is 2.34. The van der Waals surface area contributed by atoms with Crippen molar-refractivity contribution in [1.82, 2.24) is 5.32 Å². The third-order valence-corrected chi connectivity index (χ3v) is 3.55. The van der Waals surface area contributed by atoms with Crippen LogP contribution in [0.3, 0.4) is 0 Å². The van der Waals surface area contributed by atoms with E-state index in [2.05, 4.69) is 26.1 Å². The second-order valence-corrected chi connectivity index (χ2v) is 6.33. The monoisotopic (exact) mass is 305 g/mol. The van der Waals surface area contributed by atoms with Crippen LogP contribution in [0.15, 0.2) is 18.2 Å². The first-order chi connectivity index (χ1) is 9.55. The van der Waals surface area contributed by atoms with Crippen LogP contribution in [0.2, 0.25) is 0 Å². The summed E-state index contributed by atoms with van der Waals surface area (Å²) in [6, 6.07) is 3.44. The van der Waals surface area contributed by atoms with Gasteiger partial charge in [0.25, 0.3) is 0 Å². The number of nitrogens with one attached hydrogen (secondary N) is 1. The first kappa shape index (κ1) is 18.0. The van der Waals surface area contributed by atoms with Crippen molar-refractivity contribution in [3.8, 4) is 0 Å². The van der Waals surface area contributed by atoms with Gasteiger partial charge in [0.2, 0.25) is 0 Å². The third-order valence-electron chi connectivity index (χ3n) is 3.55. The highest BCUT2D eigenvalue weighted by molar-refractivity contribution is 5.27. The predicted octanol–water partition coefficient (Wildman–Crippen LogP) is 4.80. The molecule has 1 unspecified atom stereocenters. The maximum absolute atomic E-state index is 13.2. The molecule has 0 aliphatic carbocycles. The Kier molecular flexibility index (Phi) is 5.79. The lowest BCUT2D eigenvalue weighted by atomic mass is 9.83. The summed E-state index contributed by atoms with van der Waals surface area (Å²) < 4.78 is 51.3. The Hall–Kier alpha value is -1.10. The summed E-state index contributed by atoms with van der Waals surface area (Å²) in [5.41, 5.74) is -0.658. The summed E-state index contributed by atoms with van der Waals surface area (Å²) in [6.07, 6.45) is -3.45. The molecule has 1 nitrogen and oxygen atoms in total. The molecule has 1 aromatic rings. The van der Waals surface area contributed by atoms with Gasteiger partial charge in [-0.2, -0.15) is 13.2 Å². The molecule has 1 N–H and O–H groups in total. The Bertz CT molecular complexity index is 460. The molecule has 5 heteroatoms. The van der Waals surface area contributed by atoms with Crippen molar-refractivity contribution in [2.45, 2.75) is 52.8 Å². The minimum absolute atomic E-state index is 0.0168. The van der Waals surface area contributed by atoms with Crippen molar-refractivity contribution < 1.29 is 17.6 Å². The Labute approximate surface area is 123 Å². The number of hydrogen-bond acceptors (Lipinski definition) is 1. The maximum atomic E-state index is 13.2. The molecule has 0 bridgehead atoms. The maximum Gasteiger partial charge on any atom is 0.419 e. The fourth-order valence-electron chi connectivity index (χ4n) is 2.34. The molecule has 0 spiro atoms. The highest BCUT2D eigenvalue weighted by Crippen LogP contribution is 2.32. The second kappa shape index (κ2) is 6.77. The SMILES string of the molecule is CCNC(CCc1ccc(F)c(C(F)(F)F)c1)C(C)(C)C. The molecule has 120 valence electrons. The van der Waals surface area contributed by atoms with Gasteiger partial charge in [-0.25, -0.2) is 4.39 Å². The normalized spacial score (nSPS) is 14.3. The van der Waals surface area contributed by atoms with Crippen molar-refractivity contribution >= 4 is 0 Å². The van der Waals surface area contributed by atoms with E-state index >= 15 is 0 Å². The standard InChI is InChI=1S/C16H23F4N/c1-5-21-14(15(2,3)4)9-7-11-6-8-13(17)12(10-11)16(18,19)20/h6,8,10,14,21H,5,7,9H2,1-4H3. The topological polar surface area (TPSA) is 12.0 Å². The number of aryl methyl sites for hydroxylation is 1. The van der Waals surface area contributed by atoms with Crippen LogP contribution in [0.5, 0.6) is 0 Å². The van der Waals surface area contributed by atoms with Crippen molar-refractivity contribution in [1.29, 1.82) is 0 Å². The lowest BCUT2D eigenvalue weighted by Crippen LogP contribution is -2.40. The number of benzene rings is 1. The van der Waals surface area contributed by atoms with Gasteiger partial charge in [-0.3, -0.25) is 0 Å². The number of halogens is 4. The zero-order valence-electron chi connectivity index (χ0n) is 12.9. The minimum atomic E-state index is -4.65. The van der Waals surface area contributed by atoms with Crippen molar-refractivity contribution in [2.24, 2.45) is 5.41 Å². The third kappa shape index (κ3) is 5.30. The average Bonchev–Trinajstić information content (AvgIpc) is 2.33. The summed E-state index contributed by atoms with van der Waals surface area (Å²) in [7, 11) is 0. The number of alkyl halides is 3. The van der Waals surface area contributed by atoms with Crippen LogP contribution in [0.25, 0.3) is 0 Å². The first-order valence-electron chi connectivity index (χ1n) is 7.14. The van der Waals surface area contributed by atoms with Crippen LogP contribution in [0.1, 0.15) is 45.2 Å². The lowest BCUT2D eigenvalue weighted by Gasteiger charge is -2.31. The van der Waals surface area contributed by atoms with Crippen molar-refractivity contribution in [2.75, 3.05) is 6.54 Å². The summed E-state index contributed by atoms with van der Waals surface area (Å²) >= 11 is 0. The zero-order valence-corrected chi connectivity index (χ0v) is 12.9. The molecule has 1 rings (SSSR count). The van der Waals surface area contributed by atoms with E-state index in [-0.39, 0.29) is 11.5 Å². The summed E-state index contributed by atoms with van der Waals surface area (Å²) in [5, 5.41) is 3.35. The molecule has 1 aromatic carbocycles. The van der Waals surface area contributed by atoms with E-state index in [0.717, 1.165) is 18.7 Å². The fraction of sp³-hybridized carbons (Fsp3) is 0.625. The van der Waals surface area contributed by atoms with E-state index in [0.29, 0.717) is 18.4 Å². The van der Waals surface area contributed by atoms with Gasteiger partial charge >= 0.3 is 6.18 Å². The molecule has 0 aliphatic heterocycles. The van der Waals surface area contributed by atoms with E-state index in [1.165, 1.54) is 6.07 Å². The van der Waals surface area contributed by atoms with Crippen molar-refractivity contribution in [3.63, 3.8) is 0 Å². The quantitative estimate of drug-likeness (QED) is 0.770. The van der Waals surface area contributed by atoms with Gasteiger partial charge in [0, 0.05) is 6.04 Å². The molecule has 1 atom stereocenters. The van der Waals surface area contributed by atoms with E-state index < -0.39 is 17.6 Å². The van der Waals surface area contributed by atoms with Gasteiger partial charge in [-0.1, -0.05) is 33.8 Å². The van der Waals surface area contributed by atoms with Gasteiger partial charge in [-0.15, -0.1) is 0 Å². The average molecular weight is 305 g/mol. The Morgan fingerprint density at radius 2 is 1.76 bits per heavy atom. The molecule has 0 heterocycles. The molecule has 0 aliphatic rings. The van der Waals surface area contributed by atoms with Crippen LogP contribution in [0.4, 0.5) is 17.6 Å². The first-order valence-corrected chi connectivity index (χ1v) is 7.14. The van der Waals surface area contributed by atoms with Crippen LogP contribution in [-0.2, 0) is 12.6 Å². The molecule has 0 radical (unpaired) electrons. The van der Waals surface area contributed by atoms with Crippen LogP contribution < -0.4 is 5.32 Å². The van der Waals surface area contributed by atoms with Gasteiger partial charge in [0.15, 0.2) is 0 Å². The molecule has 0 saturated heterocycles. The van der Waals surface area contributed by atoms with Gasteiger partial charge in [0.1, 0.15) is 5.82 Å². The largest absolute Gasteiger partial charge is 0.419 e. The Balaban J connectivity index is 2.84. The van der Waals surface area contributed by atoms with Gasteiger partial charge in [-0.05, 0) is 42.5 Å². The molecule has 0 saturated carbocycles. The Morgan fingerprint density at radius 1 is 1.14 bits per heavy atom. The van der Waals surface area contributed by atoms with Crippen molar-refractivity contribution in [3.05, 3.63) is 35.1 Å². The molecule has 21 heavy (non-hydrogen) atoms. The predicted molar refractivity (Wildman–Crippen MR) is 76.6 cm³/mol. The van der Waals surface area contributed by atoms with E-state index in [1.807, 2.05) is 6.92 Å². The number of rotatable bonds is 5. The molecule has 0 amide bonds. The fourth-order valence-corrected chi connectivity index (χ4v) is 2.34. The summed E-state index contributed by atoms with van der Waals surface area (Å²) in [5.74, 6) is -1.22. The zero-order chi connectivity index (χ0) is 16.3. The van der Waals surface area contributed by atoms with E-state index in [9.17, 15) is 17.6 Å². The number of hydrogen-bond donors (Lipinski definition) is 1.